The number of thioether (sulfide) groups is 1. The fraction of sp³-hybridized carbons (Fsp3) is 0.462. The Balaban J connectivity index is 1.79. The van der Waals surface area contributed by atoms with Crippen molar-refractivity contribution in [2.45, 2.75) is 31.5 Å². The molecule has 0 saturated heterocycles. The Kier molecular flexibility index (Phi) is 4.45. The predicted molar refractivity (Wildman–Crippen MR) is 74.6 cm³/mol. The maximum absolute atomic E-state index is 4.53. The van der Waals surface area contributed by atoms with Crippen molar-refractivity contribution in [3.8, 4) is 0 Å². The fourth-order valence-electron chi connectivity index (χ4n) is 1.63. The first-order valence-corrected chi connectivity index (χ1v) is 7.05. The summed E-state index contributed by atoms with van der Waals surface area (Å²) < 4.78 is 0. The molecule has 0 aliphatic heterocycles. The van der Waals surface area contributed by atoms with Crippen LogP contribution in [0.5, 0.6) is 0 Å². The molecule has 0 aliphatic carbocycles. The lowest BCUT2D eigenvalue weighted by molar-refractivity contribution is 0.585. The molecule has 0 spiro atoms. The maximum Gasteiger partial charge on any atom is 0.166 e. The lowest BCUT2D eigenvalue weighted by Crippen LogP contribution is -2.23. The number of fused-ring (bicyclic) bond motifs is 1. The van der Waals surface area contributed by atoms with Gasteiger partial charge in [0.25, 0.3) is 0 Å². The molecule has 1 heterocycles. The van der Waals surface area contributed by atoms with Crippen LogP contribution in [0.4, 0.5) is 0 Å². The molecule has 2 rings (SSSR count). The molecular formula is C13H19N3S. The van der Waals surface area contributed by atoms with Gasteiger partial charge in [-0.2, -0.15) is 0 Å². The van der Waals surface area contributed by atoms with E-state index in [0.717, 1.165) is 28.5 Å². The summed E-state index contributed by atoms with van der Waals surface area (Å²) in [5.41, 5.74) is 2.17. The minimum Gasteiger partial charge on any atom is -0.333 e. The fourth-order valence-corrected chi connectivity index (χ4v) is 2.46. The van der Waals surface area contributed by atoms with Crippen LogP contribution in [0.15, 0.2) is 29.4 Å². The Bertz CT molecular complexity index is 431. The molecule has 0 radical (unpaired) electrons. The molecule has 1 aromatic carbocycles. The highest BCUT2D eigenvalue weighted by atomic mass is 32.2. The number of para-hydroxylation sites is 2. The largest absolute Gasteiger partial charge is 0.333 e. The third-order valence-corrected chi connectivity index (χ3v) is 3.44. The second-order valence-electron chi connectivity index (χ2n) is 4.37. The molecule has 0 aliphatic rings. The zero-order chi connectivity index (χ0) is 12.1. The average Bonchev–Trinajstić information content (AvgIpc) is 2.70. The smallest absolute Gasteiger partial charge is 0.166 e. The van der Waals surface area contributed by atoms with E-state index in [1.807, 2.05) is 18.2 Å². The van der Waals surface area contributed by atoms with Crippen molar-refractivity contribution in [2.75, 3.05) is 12.3 Å². The van der Waals surface area contributed by atoms with Crippen molar-refractivity contribution in [3.05, 3.63) is 24.3 Å². The van der Waals surface area contributed by atoms with E-state index in [1.54, 1.807) is 11.8 Å². The number of hydrogen-bond acceptors (Lipinski definition) is 3. The second kappa shape index (κ2) is 6.07. The summed E-state index contributed by atoms with van der Waals surface area (Å²) in [4.78, 5) is 7.86. The highest BCUT2D eigenvalue weighted by molar-refractivity contribution is 7.99. The van der Waals surface area contributed by atoms with Crippen molar-refractivity contribution >= 4 is 22.8 Å². The summed E-state index contributed by atoms with van der Waals surface area (Å²) in [5.74, 6) is 1.10. The zero-order valence-electron chi connectivity index (χ0n) is 10.4. The highest BCUT2D eigenvalue weighted by Gasteiger charge is 2.01. The first-order chi connectivity index (χ1) is 8.25. The molecule has 0 atom stereocenters. The second-order valence-corrected chi connectivity index (χ2v) is 5.45. The van der Waals surface area contributed by atoms with Crippen LogP contribution < -0.4 is 5.32 Å². The van der Waals surface area contributed by atoms with E-state index in [1.165, 1.54) is 6.42 Å². The van der Waals surface area contributed by atoms with Gasteiger partial charge in [-0.05, 0) is 25.1 Å². The maximum atomic E-state index is 4.53. The summed E-state index contributed by atoms with van der Waals surface area (Å²) in [5, 5.41) is 4.44. The van der Waals surface area contributed by atoms with E-state index < -0.39 is 0 Å². The standard InChI is InChI=1S/C13H19N3S/c1-10(2)14-8-5-9-17-13-15-11-6-3-4-7-12(11)16-13/h3-4,6-7,10,14H,5,8-9H2,1-2H3,(H,15,16). The van der Waals surface area contributed by atoms with E-state index >= 15 is 0 Å². The zero-order valence-corrected chi connectivity index (χ0v) is 11.2. The summed E-state index contributed by atoms with van der Waals surface area (Å²) in [6, 6.07) is 8.72. The molecule has 17 heavy (non-hydrogen) atoms. The van der Waals surface area contributed by atoms with Crippen LogP contribution in [0.25, 0.3) is 11.0 Å². The van der Waals surface area contributed by atoms with Crippen LogP contribution in [-0.2, 0) is 0 Å². The van der Waals surface area contributed by atoms with Gasteiger partial charge in [0.2, 0.25) is 0 Å². The van der Waals surface area contributed by atoms with Crippen LogP contribution in [-0.4, -0.2) is 28.3 Å². The van der Waals surface area contributed by atoms with E-state index in [0.29, 0.717) is 6.04 Å². The molecule has 0 fully saturated rings. The van der Waals surface area contributed by atoms with E-state index in [-0.39, 0.29) is 0 Å². The Hall–Kier alpha value is -1.00. The van der Waals surface area contributed by atoms with Gasteiger partial charge in [0, 0.05) is 11.8 Å². The van der Waals surface area contributed by atoms with Crippen LogP contribution >= 0.6 is 11.8 Å². The third-order valence-electron chi connectivity index (χ3n) is 2.48. The molecule has 92 valence electrons. The van der Waals surface area contributed by atoms with Crippen LogP contribution in [0, 0.1) is 0 Å². The molecule has 0 bridgehead atoms. The minimum atomic E-state index is 0.575. The van der Waals surface area contributed by atoms with E-state index in [2.05, 4.69) is 35.2 Å². The van der Waals surface area contributed by atoms with Gasteiger partial charge in [-0.25, -0.2) is 4.98 Å². The number of benzene rings is 1. The molecule has 2 aromatic rings. The summed E-state index contributed by atoms with van der Waals surface area (Å²) in [6.45, 7) is 5.42. The number of H-pyrrole nitrogens is 1. The third kappa shape index (κ3) is 3.75. The minimum absolute atomic E-state index is 0.575. The van der Waals surface area contributed by atoms with Crippen molar-refractivity contribution in [1.29, 1.82) is 0 Å². The average molecular weight is 249 g/mol. The first-order valence-electron chi connectivity index (χ1n) is 6.06. The van der Waals surface area contributed by atoms with Crippen molar-refractivity contribution in [2.24, 2.45) is 0 Å². The SMILES string of the molecule is CC(C)NCCCSc1nc2ccccc2[nH]1. The number of imidazole rings is 1. The Morgan fingerprint density at radius 1 is 1.35 bits per heavy atom. The summed E-state index contributed by atoms with van der Waals surface area (Å²) in [7, 11) is 0. The Morgan fingerprint density at radius 2 is 2.18 bits per heavy atom. The quantitative estimate of drug-likeness (QED) is 0.610. The van der Waals surface area contributed by atoms with E-state index in [4.69, 9.17) is 0 Å². The Morgan fingerprint density at radius 3 is 2.94 bits per heavy atom. The summed E-state index contributed by atoms with van der Waals surface area (Å²) >= 11 is 1.79. The monoisotopic (exact) mass is 249 g/mol. The van der Waals surface area contributed by atoms with Gasteiger partial charge in [0.15, 0.2) is 5.16 Å². The lowest BCUT2D eigenvalue weighted by atomic mass is 10.3. The molecule has 0 amide bonds. The highest BCUT2D eigenvalue weighted by Crippen LogP contribution is 2.19. The van der Waals surface area contributed by atoms with Gasteiger partial charge < -0.3 is 10.3 Å². The van der Waals surface area contributed by atoms with Crippen molar-refractivity contribution in [3.63, 3.8) is 0 Å². The van der Waals surface area contributed by atoms with Gasteiger partial charge in [0.1, 0.15) is 0 Å². The van der Waals surface area contributed by atoms with Gasteiger partial charge in [-0.1, -0.05) is 37.7 Å². The molecule has 2 N–H and O–H groups in total. The van der Waals surface area contributed by atoms with Crippen LogP contribution in [0.1, 0.15) is 20.3 Å². The molecule has 0 unspecified atom stereocenters. The van der Waals surface area contributed by atoms with Gasteiger partial charge in [-0.15, -0.1) is 0 Å². The van der Waals surface area contributed by atoms with Gasteiger partial charge >= 0.3 is 0 Å². The molecular weight excluding hydrogens is 230 g/mol. The molecule has 0 saturated carbocycles. The van der Waals surface area contributed by atoms with Crippen molar-refractivity contribution in [1.82, 2.24) is 15.3 Å². The molecule has 4 heteroatoms. The van der Waals surface area contributed by atoms with Gasteiger partial charge in [0.05, 0.1) is 11.0 Å². The molecule has 1 aromatic heterocycles. The number of aromatic amines is 1. The number of nitrogens with zero attached hydrogens (tertiary/aromatic N) is 1. The van der Waals surface area contributed by atoms with Crippen LogP contribution in [0.3, 0.4) is 0 Å². The predicted octanol–water partition coefficient (Wildman–Crippen LogP) is 3.04. The molecule has 3 nitrogen and oxygen atoms in total. The number of aromatic nitrogens is 2. The number of nitrogens with one attached hydrogen (secondary N) is 2. The van der Waals surface area contributed by atoms with Gasteiger partial charge in [-0.3, -0.25) is 0 Å². The van der Waals surface area contributed by atoms with E-state index in [9.17, 15) is 0 Å². The lowest BCUT2D eigenvalue weighted by Gasteiger charge is -2.06. The number of hydrogen-bond donors (Lipinski definition) is 2. The topological polar surface area (TPSA) is 40.7 Å². The number of rotatable bonds is 6. The normalized spacial score (nSPS) is 11.5. The summed E-state index contributed by atoms with van der Waals surface area (Å²) in [6.07, 6.45) is 1.17. The first kappa shape index (κ1) is 12.5. The van der Waals surface area contributed by atoms with Crippen molar-refractivity contribution < 1.29 is 0 Å². The van der Waals surface area contributed by atoms with Crippen LogP contribution in [0.2, 0.25) is 0 Å². The Labute approximate surface area is 106 Å².